The summed E-state index contributed by atoms with van der Waals surface area (Å²) in [4.78, 5) is 18.0. The molecule has 0 unspecified atom stereocenters. The molecule has 0 fully saturated rings. The van der Waals surface area contributed by atoms with Crippen LogP contribution in [0.2, 0.25) is 0 Å². The van der Waals surface area contributed by atoms with Crippen LogP contribution in [0.4, 0.5) is 13.2 Å². The van der Waals surface area contributed by atoms with E-state index in [9.17, 15) is 26.4 Å². The van der Waals surface area contributed by atoms with Crippen molar-refractivity contribution in [3.63, 3.8) is 0 Å². The smallest absolute Gasteiger partial charge is 0.436 e. The van der Waals surface area contributed by atoms with Crippen molar-refractivity contribution in [1.82, 2.24) is 24.8 Å². The van der Waals surface area contributed by atoms with Gasteiger partial charge >= 0.3 is 12.1 Å². The SMILES string of the molecule is CN(C)CCOC(=O)Cn1nc(C(F)(F)F)c(Br)c1-c1noc(-c2cccc(S(C)(=O)=O)c2)n1. The van der Waals surface area contributed by atoms with Gasteiger partial charge in [-0.15, -0.1) is 0 Å². The maximum atomic E-state index is 13.5. The highest BCUT2D eigenvalue weighted by Gasteiger charge is 2.40. The monoisotopic (exact) mass is 565 g/mol. The van der Waals surface area contributed by atoms with E-state index in [1.807, 2.05) is 0 Å². The van der Waals surface area contributed by atoms with Gasteiger partial charge in [0, 0.05) is 18.4 Å². The van der Waals surface area contributed by atoms with Crippen LogP contribution in [0.25, 0.3) is 23.0 Å². The van der Waals surface area contributed by atoms with Crippen molar-refractivity contribution in [2.75, 3.05) is 33.5 Å². The molecule has 0 saturated heterocycles. The number of halogens is 4. The number of sulfone groups is 1. The summed E-state index contributed by atoms with van der Waals surface area (Å²) < 4.78 is 74.5. The third-order valence-electron chi connectivity index (χ3n) is 4.39. The summed E-state index contributed by atoms with van der Waals surface area (Å²) in [6, 6.07) is 5.63. The summed E-state index contributed by atoms with van der Waals surface area (Å²) in [6.45, 7) is -0.167. The van der Waals surface area contributed by atoms with Crippen molar-refractivity contribution in [2.24, 2.45) is 0 Å². The van der Waals surface area contributed by atoms with Crippen LogP contribution in [0, 0.1) is 0 Å². The predicted octanol–water partition coefficient (Wildman–Crippen LogP) is 2.89. The Hall–Kier alpha value is -2.78. The largest absolute Gasteiger partial charge is 0.463 e. The van der Waals surface area contributed by atoms with Gasteiger partial charge in [0.2, 0.25) is 5.82 Å². The van der Waals surface area contributed by atoms with Gasteiger partial charge in [0.1, 0.15) is 18.8 Å². The maximum absolute atomic E-state index is 13.5. The molecule has 0 atom stereocenters. The summed E-state index contributed by atoms with van der Waals surface area (Å²) >= 11 is 2.88. The van der Waals surface area contributed by atoms with Crippen molar-refractivity contribution in [3.05, 3.63) is 34.4 Å². The number of carbonyl (C=O) groups is 1. The second-order valence-corrected chi connectivity index (χ2v) is 10.2. The standard InChI is InChI=1S/C19H19BrF3N5O5S/c1-27(2)7-8-32-13(29)10-28-15(14(20)16(25-28)19(21,22)23)17-24-18(33-26-17)11-5-4-6-12(9-11)34(3,30)31/h4-6,9H,7-8,10H2,1-3H3. The average molecular weight is 566 g/mol. The number of rotatable bonds is 8. The second-order valence-electron chi connectivity index (χ2n) is 7.41. The Balaban J connectivity index is 1.99. The molecule has 0 N–H and O–H groups in total. The molecule has 10 nitrogen and oxygen atoms in total. The topological polar surface area (TPSA) is 120 Å². The van der Waals surface area contributed by atoms with Gasteiger partial charge < -0.3 is 14.2 Å². The number of likely N-dealkylation sites (N-methyl/N-ethyl adjacent to an activating group) is 1. The Bertz CT molecular complexity index is 1300. The highest BCUT2D eigenvalue weighted by atomic mass is 79.9. The fourth-order valence-electron chi connectivity index (χ4n) is 2.76. The lowest BCUT2D eigenvalue weighted by Crippen LogP contribution is -2.22. The number of hydrogen-bond donors (Lipinski definition) is 0. The van der Waals surface area contributed by atoms with E-state index in [0.717, 1.165) is 10.9 Å². The first kappa shape index (κ1) is 25.8. The summed E-state index contributed by atoms with van der Waals surface area (Å²) in [6.07, 6.45) is -3.80. The number of alkyl halides is 3. The minimum atomic E-state index is -4.83. The van der Waals surface area contributed by atoms with Gasteiger partial charge in [-0.1, -0.05) is 11.2 Å². The number of esters is 1. The summed E-state index contributed by atoms with van der Waals surface area (Å²) in [5.41, 5.74) is -1.30. The van der Waals surface area contributed by atoms with Gasteiger partial charge in [0.05, 0.1) is 9.37 Å². The van der Waals surface area contributed by atoms with Gasteiger partial charge in [-0.05, 0) is 48.2 Å². The molecule has 0 saturated carbocycles. The molecule has 0 aliphatic carbocycles. The molecule has 0 aliphatic heterocycles. The molecular weight excluding hydrogens is 547 g/mol. The number of ether oxygens (including phenoxy) is 1. The van der Waals surface area contributed by atoms with E-state index in [4.69, 9.17) is 9.26 Å². The minimum absolute atomic E-state index is 0.00389. The number of hydrogen-bond acceptors (Lipinski definition) is 9. The van der Waals surface area contributed by atoms with Crippen LogP contribution in [0.3, 0.4) is 0 Å². The zero-order valence-electron chi connectivity index (χ0n) is 18.1. The highest BCUT2D eigenvalue weighted by Crippen LogP contribution is 2.39. The van der Waals surface area contributed by atoms with E-state index < -0.39 is 38.7 Å². The van der Waals surface area contributed by atoms with Crippen molar-refractivity contribution in [1.29, 1.82) is 0 Å². The summed E-state index contributed by atoms with van der Waals surface area (Å²) in [5.74, 6) is -1.24. The van der Waals surface area contributed by atoms with Gasteiger partial charge in [0.25, 0.3) is 5.89 Å². The normalized spacial score (nSPS) is 12.4. The molecule has 0 spiro atoms. The molecule has 1 aromatic carbocycles. The van der Waals surface area contributed by atoms with E-state index in [-0.39, 0.29) is 34.5 Å². The lowest BCUT2D eigenvalue weighted by atomic mass is 10.2. The summed E-state index contributed by atoms with van der Waals surface area (Å²) in [7, 11) is 0.0162. The van der Waals surface area contributed by atoms with Crippen molar-refractivity contribution in [2.45, 2.75) is 17.6 Å². The van der Waals surface area contributed by atoms with Crippen LogP contribution in [-0.2, 0) is 32.1 Å². The minimum Gasteiger partial charge on any atom is -0.463 e. The van der Waals surface area contributed by atoms with Crippen LogP contribution < -0.4 is 0 Å². The quantitative estimate of drug-likeness (QED) is 0.379. The van der Waals surface area contributed by atoms with E-state index in [1.165, 1.54) is 24.3 Å². The van der Waals surface area contributed by atoms with E-state index in [0.29, 0.717) is 6.54 Å². The fraction of sp³-hybridized carbons (Fsp3) is 0.368. The van der Waals surface area contributed by atoms with E-state index in [2.05, 4.69) is 31.2 Å². The van der Waals surface area contributed by atoms with Crippen LogP contribution in [0.5, 0.6) is 0 Å². The predicted molar refractivity (Wildman–Crippen MR) is 116 cm³/mol. The third-order valence-corrected chi connectivity index (χ3v) is 6.25. The zero-order chi connectivity index (χ0) is 25.3. The van der Waals surface area contributed by atoms with E-state index in [1.54, 1.807) is 19.0 Å². The van der Waals surface area contributed by atoms with Crippen molar-refractivity contribution >= 4 is 31.7 Å². The van der Waals surface area contributed by atoms with Crippen LogP contribution >= 0.6 is 15.9 Å². The third kappa shape index (κ3) is 6.01. The summed E-state index contributed by atoms with van der Waals surface area (Å²) in [5, 5.41) is 7.21. The number of aromatic nitrogens is 4. The van der Waals surface area contributed by atoms with Gasteiger partial charge in [-0.25, -0.2) is 13.1 Å². The average Bonchev–Trinajstić information content (AvgIpc) is 3.31. The molecular formula is C19H19BrF3N5O5S. The first-order valence-electron chi connectivity index (χ1n) is 9.56. The molecule has 3 aromatic rings. The molecule has 2 heterocycles. The van der Waals surface area contributed by atoms with Gasteiger partial charge in [-0.3, -0.25) is 4.79 Å². The lowest BCUT2D eigenvalue weighted by Gasteiger charge is -2.10. The number of carbonyl (C=O) groups excluding carboxylic acids is 1. The van der Waals surface area contributed by atoms with Crippen LogP contribution in [0.1, 0.15) is 5.69 Å². The number of benzene rings is 1. The number of nitrogens with zero attached hydrogens (tertiary/aromatic N) is 5. The van der Waals surface area contributed by atoms with Gasteiger partial charge in [0.15, 0.2) is 15.5 Å². The lowest BCUT2D eigenvalue weighted by molar-refractivity contribution is -0.146. The Morgan fingerprint density at radius 2 is 2.00 bits per heavy atom. The first-order valence-corrected chi connectivity index (χ1v) is 12.2. The van der Waals surface area contributed by atoms with Gasteiger partial charge in [-0.2, -0.15) is 23.3 Å². The molecule has 2 aromatic heterocycles. The molecule has 0 amide bonds. The maximum Gasteiger partial charge on any atom is 0.436 e. The van der Waals surface area contributed by atoms with Crippen LogP contribution in [-0.4, -0.2) is 72.7 Å². The van der Waals surface area contributed by atoms with Crippen molar-refractivity contribution < 1.29 is 35.6 Å². The highest BCUT2D eigenvalue weighted by molar-refractivity contribution is 9.10. The van der Waals surface area contributed by atoms with E-state index >= 15 is 0 Å². The van der Waals surface area contributed by atoms with Crippen molar-refractivity contribution in [3.8, 4) is 23.0 Å². The Kier molecular flexibility index (Phi) is 7.47. The Morgan fingerprint density at radius 1 is 1.29 bits per heavy atom. The molecule has 0 bridgehead atoms. The molecule has 3 rings (SSSR count). The Labute approximate surface area is 200 Å². The zero-order valence-corrected chi connectivity index (χ0v) is 20.5. The molecule has 0 radical (unpaired) electrons. The second kappa shape index (κ2) is 9.84. The molecule has 15 heteroatoms. The molecule has 0 aliphatic rings. The molecule has 34 heavy (non-hydrogen) atoms. The molecule has 184 valence electrons. The fourth-order valence-corrected chi connectivity index (χ4v) is 4.11. The first-order chi connectivity index (χ1) is 15.8. The van der Waals surface area contributed by atoms with Crippen LogP contribution in [0.15, 0.2) is 38.2 Å². The Morgan fingerprint density at radius 3 is 2.62 bits per heavy atom.